The van der Waals surface area contributed by atoms with E-state index in [2.05, 4.69) is 20.0 Å². The lowest BCUT2D eigenvalue weighted by Crippen LogP contribution is -2.31. The molecule has 37 heavy (non-hydrogen) atoms. The number of ketones is 1. The van der Waals surface area contributed by atoms with Gasteiger partial charge in [-0.1, -0.05) is 18.9 Å². The van der Waals surface area contributed by atoms with Crippen molar-refractivity contribution in [1.29, 1.82) is 0 Å². The molecule has 204 valence electrons. The van der Waals surface area contributed by atoms with E-state index in [1.54, 1.807) is 10.7 Å². The van der Waals surface area contributed by atoms with Gasteiger partial charge in [-0.15, -0.1) is 0 Å². The average molecular weight is 522 g/mol. The van der Waals surface area contributed by atoms with Gasteiger partial charge in [-0.2, -0.15) is 18.3 Å². The molecular weight excluding hydrogens is 483 g/mol. The molecule has 0 saturated heterocycles. The Kier molecular flexibility index (Phi) is 8.87. The smallest absolute Gasteiger partial charge is 0.425 e. The summed E-state index contributed by atoms with van der Waals surface area (Å²) in [4.78, 5) is 23.7. The SMILES string of the molecule is Cc1nc(CC(=O)CC2CCC(CCN3CCc4ccc(O[C@H](C)C(F)(F)F)nc4CC3)CC2)nn1C. The van der Waals surface area contributed by atoms with Crippen LogP contribution in [0.2, 0.25) is 0 Å². The first-order chi connectivity index (χ1) is 17.6. The van der Waals surface area contributed by atoms with Crippen LogP contribution in [0.15, 0.2) is 12.1 Å². The third-order valence-electron chi connectivity index (χ3n) is 7.88. The van der Waals surface area contributed by atoms with E-state index in [1.165, 1.54) is 0 Å². The second kappa shape index (κ2) is 11.9. The Bertz CT molecular complexity index is 1040. The Morgan fingerprint density at radius 1 is 1.11 bits per heavy atom. The number of pyridine rings is 1. The van der Waals surface area contributed by atoms with Gasteiger partial charge in [-0.3, -0.25) is 9.48 Å². The number of Topliss-reactive ketones (excluding diaryl/α,β-unsaturated/α-hetero) is 1. The molecule has 1 aliphatic heterocycles. The topological polar surface area (TPSA) is 73.1 Å². The van der Waals surface area contributed by atoms with Crippen LogP contribution in [0, 0.1) is 18.8 Å². The van der Waals surface area contributed by atoms with E-state index in [1.807, 2.05) is 20.0 Å². The van der Waals surface area contributed by atoms with Crippen LogP contribution in [-0.4, -0.2) is 62.3 Å². The molecule has 1 atom stereocenters. The summed E-state index contributed by atoms with van der Waals surface area (Å²) in [6, 6.07) is 3.41. The molecule has 0 radical (unpaired) electrons. The quantitative estimate of drug-likeness (QED) is 0.479. The number of hydrogen-bond donors (Lipinski definition) is 0. The summed E-state index contributed by atoms with van der Waals surface area (Å²) in [5.41, 5.74) is 1.94. The number of nitrogens with zero attached hydrogens (tertiary/aromatic N) is 5. The van der Waals surface area contributed by atoms with Crippen molar-refractivity contribution in [2.24, 2.45) is 18.9 Å². The molecule has 1 aliphatic carbocycles. The van der Waals surface area contributed by atoms with Crippen molar-refractivity contribution < 1.29 is 22.7 Å². The zero-order valence-electron chi connectivity index (χ0n) is 22.1. The van der Waals surface area contributed by atoms with Gasteiger partial charge in [0.15, 0.2) is 11.9 Å². The molecule has 2 aliphatic rings. The van der Waals surface area contributed by atoms with Gasteiger partial charge >= 0.3 is 6.18 Å². The fourth-order valence-electron chi connectivity index (χ4n) is 5.41. The first-order valence-corrected chi connectivity index (χ1v) is 13.4. The Morgan fingerprint density at radius 2 is 1.81 bits per heavy atom. The number of aromatic nitrogens is 4. The van der Waals surface area contributed by atoms with Crippen molar-refractivity contribution in [2.45, 2.75) is 83.9 Å². The molecule has 2 aromatic heterocycles. The Balaban J connectivity index is 1.17. The summed E-state index contributed by atoms with van der Waals surface area (Å²) in [5, 5.41) is 4.30. The van der Waals surface area contributed by atoms with Crippen molar-refractivity contribution >= 4 is 5.78 Å². The van der Waals surface area contributed by atoms with Crippen LogP contribution >= 0.6 is 0 Å². The summed E-state index contributed by atoms with van der Waals surface area (Å²) < 4.78 is 45.2. The van der Waals surface area contributed by atoms with Crippen LogP contribution in [0.1, 0.15) is 68.4 Å². The van der Waals surface area contributed by atoms with E-state index in [9.17, 15) is 18.0 Å². The third-order valence-corrected chi connectivity index (χ3v) is 7.88. The molecule has 10 heteroatoms. The summed E-state index contributed by atoms with van der Waals surface area (Å²) >= 11 is 0. The minimum Gasteiger partial charge on any atom is -0.465 e. The molecule has 0 unspecified atom stereocenters. The van der Waals surface area contributed by atoms with Crippen LogP contribution in [0.25, 0.3) is 0 Å². The van der Waals surface area contributed by atoms with Crippen molar-refractivity contribution in [2.75, 3.05) is 19.6 Å². The predicted octanol–water partition coefficient (Wildman–Crippen LogP) is 4.65. The number of hydrogen-bond acceptors (Lipinski definition) is 6. The molecule has 2 aromatic rings. The Labute approximate surface area is 216 Å². The fourth-order valence-corrected chi connectivity index (χ4v) is 5.41. The fraction of sp³-hybridized carbons (Fsp3) is 0.704. The first kappa shape index (κ1) is 27.5. The van der Waals surface area contributed by atoms with Crippen LogP contribution in [0.5, 0.6) is 5.88 Å². The largest absolute Gasteiger partial charge is 0.465 e. The van der Waals surface area contributed by atoms with E-state index in [4.69, 9.17) is 4.74 Å². The number of halogens is 3. The molecule has 1 fully saturated rings. The lowest BCUT2D eigenvalue weighted by Gasteiger charge is -2.30. The number of alkyl halides is 3. The molecule has 0 spiro atoms. The maximum atomic E-state index is 12.8. The highest BCUT2D eigenvalue weighted by Gasteiger charge is 2.38. The lowest BCUT2D eigenvalue weighted by atomic mass is 9.78. The van der Waals surface area contributed by atoms with Crippen molar-refractivity contribution in [1.82, 2.24) is 24.6 Å². The standard InChI is InChI=1S/C27H38F3N5O2/c1-18(27(28,29)30)37-26-9-8-22-11-14-35(15-12-24(22)32-26)13-10-20-4-6-21(7-5-20)16-23(36)17-25-31-19(2)34(3)33-25/h8-9,18,20-21H,4-7,10-17H2,1-3H3/t18-,20?,21?/m1/s1. The van der Waals surface area contributed by atoms with Gasteiger partial charge in [-0.25, -0.2) is 9.97 Å². The van der Waals surface area contributed by atoms with Gasteiger partial charge in [-0.05, 0) is 63.5 Å². The third kappa shape index (κ3) is 7.75. The maximum Gasteiger partial charge on any atom is 0.425 e. The zero-order valence-corrected chi connectivity index (χ0v) is 22.1. The van der Waals surface area contributed by atoms with Gasteiger partial charge in [0.1, 0.15) is 11.6 Å². The van der Waals surface area contributed by atoms with Gasteiger partial charge in [0.05, 0.1) is 6.42 Å². The molecular formula is C27H38F3N5O2. The van der Waals surface area contributed by atoms with Crippen LogP contribution in [-0.2, 0) is 31.1 Å². The monoisotopic (exact) mass is 521 g/mol. The summed E-state index contributed by atoms with van der Waals surface area (Å²) in [7, 11) is 1.84. The van der Waals surface area contributed by atoms with Gasteiger partial charge in [0.25, 0.3) is 0 Å². The normalized spacial score (nSPS) is 21.8. The molecule has 3 heterocycles. The number of fused-ring (bicyclic) bond motifs is 1. The van der Waals surface area contributed by atoms with E-state index in [0.29, 0.717) is 36.9 Å². The number of aryl methyl sites for hydroxylation is 2. The van der Waals surface area contributed by atoms with Gasteiger partial charge in [0, 0.05) is 44.7 Å². The van der Waals surface area contributed by atoms with E-state index in [0.717, 1.165) is 82.2 Å². The first-order valence-electron chi connectivity index (χ1n) is 13.4. The Morgan fingerprint density at radius 3 is 2.49 bits per heavy atom. The highest BCUT2D eigenvalue weighted by Crippen LogP contribution is 2.33. The van der Waals surface area contributed by atoms with Crippen LogP contribution in [0.4, 0.5) is 13.2 Å². The van der Waals surface area contributed by atoms with Gasteiger partial charge in [0.2, 0.25) is 5.88 Å². The highest BCUT2D eigenvalue weighted by atomic mass is 19.4. The van der Waals surface area contributed by atoms with E-state index in [-0.39, 0.29) is 11.7 Å². The summed E-state index contributed by atoms with van der Waals surface area (Å²) in [5.74, 6) is 2.85. The average Bonchev–Trinajstić information content (AvgIpc) is 3.02. The van der Waals surface area contributed by atoms with Crippen LogP contribution in [0.3, 0.4) is 0 Å². The minimum absolute atomic E-state index is 0.0404. The number of carbonyl (C=O) groups excluding carboxylic acids is 1. The van der Waals surface area contributed by atoms with Gasteiger partial charge < -0.3 is 9.64 Å². The molecule has 0 bridgehead atoms. The molecule has 7 nitrogen and oxygen atoms in total. The summed E-state index contributed by atoms with van der Waals surface area (Å²) in [6.45, 7) is 5.68. The molecule has 0 amide bonds. The number of carbonyl (C=O) groups is 1. The molecule has 0 N–H and O–H groups in total. The van der Waals surface area contributed by atoms with Crippen LogP contribution < -0.4 is 4.74 Å². The van der Waals surface area contributed by atoms with Crippen molar-refractivity contribution in [3.05, 3.63) is 35.0 Å². The highest BCUT2D eigenvalue weighted by molar-refractivity contribution is 5.80. The second-order valence-corrected chi connectivity index (χ2v) is 10.7. The second-order valence-electron chi connectivity index (χ2n) is 10.7. The number of rotatable bonds is 9. The van der Waals surface area contributed by atoms with Crippen molar-refractivity contribution in [3.63, 3.8) is 0 Å². The maximum absolute atomic E-state index is 12.8. The predicted molar refractivity (Wildman–Crippen MR) is 133 cm³/mol. The Hall–Kier alpha value is -2.49. The lowest BCUT2D eigenvalue weighted by molar-refractivity contribution is -0.190. The van der Waals surface area contributed by atoms with Crippen molar-refractivity contribution in [3.8, 4) is 5.88 Å². The molecule has 0 aromatic carbocycles. The molecule has 4 rings (SSSR count). The van der Waals surface area contributed by atoms with E-state index >= 15 is 0 Å². The van der Waals surface area contributed by atoms with E-state index < -0.39 is 12.3 Å². The zero-order chi connectivity index (χ0) is 26.6. The number of ether oxygens (including phenoxy) is 1. The summed E-state index contributed by atoms with van der Waals surface area (Å²) in [6.07, 6.45) is 1.87. The molecule has 1 saturated carbocycles. The minimum atomic E-state index is -4.41.